The van der Waals surface area contributed by atoms with Crippen LogP contribution in [0.3, 0.4) is 0 Å². The maximum Gasteiger partial charge on any atom is 0.251 e. The summed E-state index contributed by atoms with van der Waals surface area (Å²) in [5.74, 6) is 0.735. The van der Waals surface area contributed by atoms with E-state index in [2.05, 4.69) is 29.0 Å². The minimum absolute atomic E-state index is 0.0854. The fourth-order valence-electron chi connectivity index (χ4n) is 2.00. The van der Waals surface area contributed by atoms with Gasteiger partial charge in [0.25, 0.3) is 5.56 Å². The molecule has 1 N–H and O–H groups in total. The normalized spacial score (nSPS) is 10.6. The second-order valence-corrected chi connectivity index (χ2v) is 4.38. The summed E-state index contributed by atoms with van der Waals surface area (Å²) in [5, 5.41) is 0. The van der Waals surface area contributed by atoms with E-state index < -0.39 is 0 Å². The topological polar surface area (TPSA) is 45.8 Å². The molecule has 1 heterocycles. The van der Waals surface area contributed by atoms with Crippen LogP contribution in [0.4, 0.5) is 0 Å². The molecule has 94 valence electrons. The van der Waals surface area contributed by atoms with Crippen molar-refractivity contribution in [1.29, 1.82) is 0 Å². The van der Waals surface area contributed by atoms with E-state index in [1.807, 2.05) is 19.1 Å². The van der Waals surface area contributed by atoms with Crippen molar-refractivity contribution in [2.75, 3.05) is 0 Å². The molecule has 1 aromatic carbocycles. The van der Waals surface area contributed by atoms with Gasteiger partial charge in [0.15, 0.2) is 0 Å². The molecule has 0 aliphatic rings. The zero-order valence-electron chi connectivity index (χ0n) is 10.9. The number of H-pyrrole nitrogens is 1. The molecule has 18 heavy (non-hydrogen) atoms. The van der Waals surface area contributed by atoms with Gasteiger partial charge in [-0.25, -0.2) is 4.98 Å². The molecule has 0 atom stereocenters. The first-order chi connectivity index (χ1) is 8.72. The van der Waals surface area contributed by atoms with Crippen molar-refractivity contribution < 1.29 is 0 Å². The lowest BCUT2D eigenvalue weighted by atomic mass is 10.0. The summed E-state index contributed by atoms with van der Waals surface area (Å²) in [6.45, 7) is 4.14. The van der Waals surface area contributed by atoms with E-state index in [9.17, 15) is 4.79 Å². The number of aryl methyl sites for hydroxylation is 2. The van der Waals surface area contributed by atoms with Crippen molar-refractivity contribution in [3.05, 3.63) is 52.1 Å². The van der Waals surface area contributed by atoms with E-state index >= 15 is 0 Å². The molecule has 0 spiro atoms. The molecule has 0 unspecified atom stereocenters. The number of aromatic amines is 1. The van der Waals surface area contributed by atoms with Crippen molar-refractivity contribution in [2.24, 2.45) is 0 Å². The highest BCUT2D eigenvalue weighted by atomic mass is 16.1. The molecule has 3 nitrogen and oxygen atoms in total. The third-order valence-electron chi connectivity index (χ3n) is 2.89. The molecule has 1 aromatic heterocycles. The lowest BCUT2D eigenvalue weighted by Crippen LogP contribution is -2.10. The highest BCUT2D eigenvalue weighted by Crippen LogP contribution is 2.18. The third-order valence-corrected chi connectivity index (χ3v) is 2.89. The van der Waals surface area contributed by atoms with Gasteiger partial charge in [0.05, 0.1) is 5.69 Å². The second kappa shape index (κ2) is 5.63. The van der Waals surface area contributed by atoms with E-state index in [4.69, 9.17) is 0 Å². The summed E-state index contributed by atoms with van der Waals surface area (Å²) in [6.07, 6.45) is 2.90. The van der Waals surface area contributed by atoms with Crippen molar-refractivity contribution in [3.8, 4) is 11.3 Å². The molecular weight excluding hydrogens is 224 g/mol. The summed E-state index contributed by atoms with van der Waals surface area (Å²) >= 11 is 0. The fraction of sp³-hybridized carbons (Fsp3) is 0.333. The number of nitrogens with one attached hydrogen (secondary N) is 1. The highest BCUT2D eigenvalue weighted by molar-refractivity contribution is 5.59. The second-order valence-electron chi connectivity index (χ2n) is 4.38. The van der Waals surface area contributed by atoms with Crippen LogP contribution in [0, 0.1) is 0 Å². The van der Waals surface area contributed by atoms with E-state index in [0.717, 1.165) is 36.3 Å². The Morgan fingerprint density at radius 1 is 1.22 bits per heavy atom. The van der Waals surface area contributed by atoms with E-state index in [1.165, 1.54) is 5.56 Å². The summed E-state index contributed by atoms with van der Waals surface area (Å²) in [7, 11) is 0. The largest absolute Gasteiger partial charge is 0.311 e. The number of hydrogen-bond donors (Lipinski definition) is 1. The van der Waals surface area contributed by atoms with Crippen LogP contribution >= 0.6 is 0 Å². The SMILES string of the molecule is CCCc1cccc(-c2cc(=O)[nH]c(CC)n2)c1. The molecule has 0 fully saturated rings. The van der Waals surface area contributed by atoms with Gasteiger partial charge >= 0.3 is 0 Å². The Labute approximate surface area is 107 Å². The van der Waals surface area contributed by atoms with Crippen molar-refractivity contribution in [2.45, 2.75) is 33.1 Å². The van der Waals surface area contributed by atoms with Crippen LogP contribution in [0.1, 0.15) is 31.7 Å². The van der Waals surface area contributed by atoms with Crippen LogP contribution in [-0.2, 0) is 12.8 Å². The lowest BCUT2D eigenvalue weighted by Gasteiger charge is -2.05. The Morgan fingerprint density at radius 3 is 2.78 bits per heavy atom. The van der Waals surface area contributed by atoms with Crippen LogP contribution in [0.15, 0.2) is 35.1 Å². The van der Waals surface area contributed by atoms with Crippen LogP contribution in [0.2, 0.25) is 0 Å². The van der Waals surface area contributed by atoms with Gasteiger partial charge in [-0.15, -0.1) is 0 Å². The van der Waals surface area contributed by atoms with Gasteiger partial charge in [-0.05, 0) is 18.1 Å². The fourth-order valence-corrected chi connectivity index (χ4v) is 2.00. The standard InChI is InChI=1S/C15H18N2O/c1-3-6-11-7-5-8-12(9-11)13-10-15(18)17-14(4-2)16-13/h5,7-10H,3-4,6H2,1-2H3,(H,16,17,18). The van der Waals surface area contributed by atoms with Crippen LogP contribution in [-0.4, -0.2) is 9.97 Å². The smallest absolute Gasteiger partial charge is 0.251 e. The Bertz CT molecular complexity index is 587. The number of hydrogen-bond acceptors (Lipinski definition) is 2. The summed E-state index contributed by atoms with van der Waals surface area (Å²) < 4.78 is 0. The molecule has 2 aromatic rings. The molecule has 0 aliphatic heterocycles. The maximum absolute atomic E-state index is 11.6. The molecule has 3 heteroatoms. The van der Waals surface area contributed by atoms with Gasteiger partial charge in [-0.3, -0.25) is 4.79 Å². The number of rotatable bonds is 4. The van der Waals surface area contributed by atoms with Crippen molar-refractivity contribution in [3.63, 3.8) is 0 Å². The van der Waals surface area contributed by atoms with Gasteiger partial charge in [-0.2, -0.15) is 0 Å². The summed E-state index contributed by atoms with van der Waals surface area (Å²) in [6, 6.07) is 9.81. The Kier molecular flexibility index (Phi) is 3.92. The summed E-state index contributed by atoms with van der Waals surface area (Å²) in [5.41, 5.74) is 2.98. The molecule has 0 saturated carbocycles. The number of nitrogens with zero attached hydrogens (tertiary/aromatic N) is 1. The molecular formula is C15H18N2O. The van der Waals surface area contributed by atoms with E-state index in [1.54, 1.807) is 6.07 Å². The molecule has 2 rings (SSSR count). The van der Waals surface area contributed by atoms with Crippen LogP contribution in [0.5, 0.6) is 0 Å². The molecule has 0 bridgehead atoms. The minimum atomic E-state index is -0.0854. The Balaban J connectivity index is 2.44. The number of aromatic nitrogens is 2. The first kappa shape index (κ1) is 12.6. The first-order valence-corrected chi connectivity index (χ1v) is 6.42. The Hall–Kier alpha value is -1.90. The molecule has 0 radical (unpaired) electrons. The lowest BCUT2D eigenvalue weighted by molar-refractivity contribution is 0.916. The Morgan fingerprint density at radius 2 is 2.06 bits per heavy atom. The molecule has 0 saturated heterocycles. The molecule has 0 amide bonds. The van der Waals surface area contributed by atoms with Crippen molar-refractivity contribution >= 4 is 0 Å². The molecule has 0 aliphatic carbocycles. The zero-order chi connectivity index (χ0) is 13.0. The minimum Gasteiger partial charge on any atom is -0.311 e. The predicted octanol–water partition coefficient (Wildman–Crippen LogP) is 2.95. The number of benzene rings is 1. The van der Waals surface area contributed by atoms with Gasteiger partial charge < -0.3 is 4.98 Å². The van der Waals surface area contributed by atoms with Gasteiger partial charge in [0.2, 0.25) is 0 Å². The third kappa shape index (κ3) is 2.86. The van der Waals surface area contributed by atoms with Gasteiger partial charge in [0, 0.05) is 18.1 Å². The van der Waals surface area contributed by atoms with E-state index in [-0.39, 0.29) is 5.56 Å². The van der Waals surface area contributed by atoms with Crippen molar-refractivity contribution in [1.82, 2.24) is 9.97 Å². The van der Waals surface area contributed by atoms with Gasteiger partial charge in [0.1, 0.15) is 5.82 Å². The predicted molar refractivity (Wildman–Crippen MR) is 73.7 cm³/mol. The average Bonchev–Trinajstić information content (AvgIpc) is 2.39. The van der Waals surface area contributed by atoms with Crippen LogP contribution in [0.25, 0.3) is 11.3 Å². The zero-order valence-corrected chi connectivity index (χ0v) is 10.9. The average molecular weight is 242 g/mol. The maximum atomic E-state index is 11.6. The van der Waals surface area contributed by atoms with E-state index in [0.29, 0.717) is 0 Å². The highest BCUT2D eigenvalue weighted by Gasteiger charge is 2.03. The van der Waals surface area contributed by atoms with Crippen LogP contribution < -0.4 is 5.56 Å². The quantitative estimate of drug-likeness (QED) is 0.896. The van der Waals surface area contributed by atoms with Gasteiger partial charge in [-0.1, -0.05) is 38.5 Å². The monoisotopic (exact) mass is 242 g/mol. The first-order valence-electron chi connectivity index (χ1n) is 6.42. The summed E-state index contributed by atoms with van der Waals surface area (Å²) in [4.78, 5) is 18.8.